The predicted molar refractivity (Wildman–Crippen MR) is 120 cm³/mol. The van der Waals surface area contributed by atoms with Crippen LogP contribution in [0, 0.1) is 0 Å². The highest BCUT2D eigenvalue weighted by atomic mass is 16.7. The standard InChI is InChI=1S/C22H35N3O10/c1-14(26)31-13-18-19(32-15(2)27)20(33-16(3)28)21(34-17(4)29)22(35-18)30-12-10-8-6-5-7-9-11-24-25-23/h18-22H,5-13H2,1-4H3/t18-,19-,20+,21-,22-/m1/s1. The first-order valence-electron chi connectivity index (χ1n) is 11.6. The first-order valence-corrected chi connectivity index (χ1v) is 11.6. The highest BCUT2D eigenvalue weighted by molar-refractivity contribution is 5.68. The average molecular weight is 502 g/mol. The van der Waals surface area contributed by atoms with Gasteiger partial charge in [-0.05, 0) is 18.4 Å². The number of hydrogen-bond donors (Lipinski definition) is 0. The van der Waals surface area contributed by atoms with Crippen molar-refractivity contribution >= 4 is 23.9 Å². The van der Waals surface area contributed by atoms with Crippen LogP contribution in [0.5, 0.6) is 0 Å². The molecule has 0 aliphatic carbocycles. The van der Waals surface area contributed by atoms with Crippen molar-refractivity contribution in [3.63, 3.8) is 0 Å². The number of unbranched alkanes of at least 4 members (excludes halogenated alkanes) is 5. The SMILES string of the molecule is CC(=O)OC[C@H]1O[C@@H](OCCCCCCCCN=[N+]=[N-])[C@H](OC(C)=O)[C@@H](OC(C)=O)[C@@H]1OC(C)=O. The largest absolute Gasteiger partial charge is 0.463 e. The summed E-state index contributed by atoms with van der Waals surface area (Å²) in [6.07, 6.45) is -0.547. The van der Waals surface area contributed by atoms with Crippen molar-refractivity contribution in [2.75, 3.05) is 19.8 Å². The number of hydrogen-bond acceptors (Lipinski definition) is 11. The Balaban J connectivity index is 2.85. The Kier molecular flexibility index (Phi) is 14.4. The second-order valence-corrected chi connectivity index (χ2v) is 8.01. The molecule has 0 aromatic heterocycles. The average Bonchev–Trinajstić information content (AvgIpc) is 2.76. The molecule has 198 valence electrons. The molecule has 13 nitrogen and oxygen atoms in total. The van der Waals surface area contributed by atoms with E-state index in [1.54, 1.807) is 0 Å². The van der Waals surface area contributed by atoms with E-state index in [1.807, 2.05) is 0 Å². The fourth-order valence-corrected chi connectivity index (χ4v) is 3.56. The molecule has 1 rings (SSSR count). The summed E-state index contributed by atoms with van der Waals surface area (Å²) in [4.78, 5) is 49.4. The van der Waals surface area contributed by atoms with Gasteiger partial charge in [-0.2, -0.15) is 0 Å². The highest BCUT2D eigenvalue weighted by Crippen LogP contribution is 2.30. The van der Waals surface area contributed by atoms with Crippen LogP contribution in [0.1, 0.15) is 66.2 Å². The van der Waals surface area contributed by atoms with Crippen molar-refractivity contribution < 1.29 is 47.6 Å². The Bertz CT molecular complexity index is 756. The zero-order chi connectivity index (χ0) is 26.2. The summed E-state index contributed by atoms with van der Waals surface area (Å²) < 4.78 is 32.8. The van der Waals surface area contributed by atoms with Crippen LogP contribution in [0.25, 0.3) is 10.4 Å². The molecule has 1 heterocycles. The van der Waals surface area contributed by atoms with E-state index in [9.17, 15) is 19.2 Å². The Morgan fingerprint density at radius 2 is 1.31 bits per heavy atom. The molecule has 0 radical (unpaired) electrons. The van der Waals surface area contributed by atoms with Crippen LogP contribution in [0.4, 0.5) is 0 Å². The number of carbonyl (C=O) groups excluding carboxylic acids is 4. The van der Waals surface area contributed by atoms with E-state index in [4.69, 9.17) is 34.0 Å². The number of rotatable bonds is 15. The summed E-state index contributed by atoms with van der Waals surface area (Å²) in [6, 6.07) is 0. The van der Waals surface area contributed by atoms with Crippen LogP contribution >= 0.6 is 0 Å². The van der Waals surface area contributed by atoms with Gasteiger partial charge < -0.3 is 28.4 Å². The molecule has 1 fully saturated rings. The van der Waals surface area contributed by atoms with Crippen LogP contribution < -0.4 is 0 Å². The van der Waals surface area contributed by atoms with Crippen LogP contribution in [0.3, 0.4) is 0 Å². The normalized spacial score (nSPS) is 23.5. The molecule has 35 heavy (non-hydrogen) atoms. The van der Waals surface area contributed by atoms with Crippen LogP contribution in [0.2, 0.25) is 0 Å². The van der Waals surface area contributed by atoms with Crippen molar-refractivity contribution in [2.45, 2.75) is 96.9 Å². The van der Waals surface area contributed by atoms with Gasteiger partial charge in [0.2, 0.25) is 0 Å². The Labute approximate surface area is 204 Å². The Morgan fingerprint density at radius 3 is 1.89 bits per heavy atom. The maximum absolute atomic E-state index is 11.8. The zero-order valence-corrected chi connectivity index (χ0v) is 20.7. The van der Waals surface area contributed by atoms with Gasteiger partial charge in [0.1, 0.15) is 12.7 Å². The van der Waals surface area contributed by atoms with Gasteiger partial charge >= 0.3 is 23.9 Å². The lowest BCUT2D eigenvalue weighted by atomic mass is 9.98. The zero-order valence-electron chi connectivity index (χ0n) is 20.7. The van der Waals surface area contributed by atoms with Gasteiger partial charge in [0.15, 0.2) is 24.6 Å². The number of azide groups is 1. The number of esters is 4. The summed E-state index contributed by atoms with van der Waals surface area (Å²) in [7, 11) is 0. The van der Waals surface area contributed by atoms with Gasteiger partial charge in [-0.25, -0.2) is 0 Å². The monoisotopic (exact) mass is 501 g/mol. The van der Waals surface area contributed by atoms with Crippen molar-refractivity contribution in [2.24, 2.45) is 5.11 Å². The third-order valence-electron chi connectivity index (χ3n) is 4.95. The topological polar surface area (TPSA) is 172 Å². The lowest BCUT2D eigenvalue weighted by Crippen LogP contribution is -2.63. The van der Waals surface area contributed by atoms with Crippen molar-refractivity contribution in [3.8, 4) is 0 Å². The van der Waals surface area contributed by atoms with E-state index in [2.05, 4.69) is 10.0 Å². The van der Waals surface area contributed by atoms with Gasteiger partial charge in [0.05, 0.1) is 0 Å². The predicted octanol–water partition coefficient (Wildman–Crippen LogP) is 2.74. The molecule has 0 amide bonds. The maximum Gasteiger partial charge on any atom is 0.303 e. The summed E-state index contributed by atoms with van der Waals surface area (Å²) in [5.41, 5.74) is 8.26. The maximum atomic E-state index is 11.8. The molecule has 0 N–H and O–H groups in total. The molecule has 1 aliphatic rings. The summed E-state index contributed by atoms with van der Waals surface area (Å²) in [6.45, 7) is 5.15. The third-order valence-corrected chi connectivity index (χ3v) is 4.95. The molecular weight excluding hydrogens is 466 g/mol. The number of carbonyl (C=O) groups is 4. The first-order chi connectivity index (χ1) is 16.6. The summed E-state index contributed by atoms with van der Waals surface area (Å²) in [5.74, 6) is -2.65. The second kappa shape index (κ2) is 16.7. The second-order valence-electron chi connectivity index (χ2n) is 8.01. The van der Waals surface area contributed by atoms with Gasteiger partial charge in [-0.15, -0.1) is 0 Å². The fourth-order valence-electron chi connectivity index (χ4n) is 3.56. The molecule has 0 aromatic rings. The molecule has 0 saturated carbocycles. The molecular formula is C22H35N3O10. The first kappa shape index (κ1) is 30.1. The molecule has 13 heteroatoms. The Hall–Kier alpha value is -2.89. The third kappa shape index (κ3) is 12.4. The van der Waals surface area contributed by atoms with Crippen LogP contribution in [0.15, 0.2) is 5.11 Å². The number of nitrogens with zero attached hydrogens (tertiary/aromatic N) is 3. The van der Waals surface area contributed by atoms with Crippen LogP contribution in [-0.2, 0) is 47.6 Å². The van der Waals surface area contributed by atoms with Gasteiger partial charge in [0, 0.05) is 45.8 Å². The Morgan fingerprint density at radius 1 is 0.771 bits per heavy atom. The van der Waals surface area contributed by atoms with Gasteiger partial charge in [-0.1, -0.05) is 30.8 Å². The molecule has 0 bridgehead atoms. The fraction of sp³-hybridized carbons (Fsp3) is 0.818. The smallest absolute Gasteiger partial charge is 0.303 e. The van der Waals surface area contributed by atoms with Crippen molar-refractivity contribution in [3.05, 3.63) is 10.4 Å². The molecule has 0 unspecified atom stereocenters. The quantitative estimate of drug-likeness (QED) is 0.0810. The minimum atomic E-state index is -1.24. The lowest BCUT2D eigenvalue weighted by molar-refractivity contribution is -0.308. The molecule has 0 spiro atoms. The van der Waals surface area contributed by atoms with Crippen molar-refractivity contribution in [1.29, 1.82) is 0 Å². The molecule has 1 saturated heterocycles. The molecule has 1 aliphatic heterocycles. The lowest BCUT2D eigenvalue weighted by Gasteiger charge is -2.44. The number of ether oxygens (including phenoxy) is 6. The van der Waals surface area contributed by atoms with Crippen LogP contribution in [-0.4, -0.2) is 74.3 Å². The van der Waals surface area contributed by atoms with E-state index >= 15 is 0 Å². The van der Waals surface area contributed by atoms with Crippen molar-refractivity contribution in [1.82, 2.24) is 0 Å². The van der Waals surface area contributed by atoms with Gasteiger partial charge in [-0.3, -0.25) is 19.2 Å². The minimum absolute atomic E-state index is 0.256. The van der Waals surface area contributed by atoms with E-state index in [0.717, 1.165) is 46.0 Å². The van der Waals surface area contributed by atoms with E-state index in [0.29, 0.717) is 13.0 Å². The summed E-state index contributed by atoms with van der Waals surface area (Å²) in [5, 5.41) is 3.50. The van der Waals surface area contributed by atoms with E-state index in [-0.39, 0.29) is 13.2 Å². The highest BCUT2D eigenvalue weighted by Gasteiger charge is 2.52. The minimum Gasteiger partial charge on any atom is -0.463 e. The molecule has 0 aromatic carbocycles. The molecule has 5 atom stereocenters. The van der Waals surface area contributed by atoms with Gasteiger partial charge in [0.25, 0.3) is 0 Å². The van der Waals surface area contributed by atoms with E-state index in [1.165, 1.54) is 13.8 Å². The summed E-state index contributed by atoms with van der Waals surface area (Å²) >= 11 is 0. The van der Waals surface area contributed by atoms with E-state index < -0.39 is 54.6 Å².